The van der Waals surface area contributed by atoms with Crippen molar-refractivity contribution in [1.29, 1.82) is 0 Å². The Morgan fingerprint density at radius 3 is 2.38 bits per heavy atom. The number of benzene rings is 2. The van der Waals surface area contributed by atoms with Crippen LogP contribution >= 0.6 is 15.9 Å². The van der Waals surface area contributed by atoms with Crippen molar-refractivity contribution in [3.63, 3.8) is 0 Å². The smallest absolute Gasteiger partial charge is 0.407 e. The van der Waals surface area contributed by atoms with Crippen molar-refractivity contribution >= 4 is 39.7 Å². The van der Waals surface area contributed by atoms with Crippen LogP contribution in [0.4, 0.5) is 4.79 Å². The van der Waals surface area contributed by atoms with Crippen LogP contribution < -0.4 is 31.2 Å². The van der Waals surface area contributed by atoms with Crippen LogP contribution in [-0.4, -0.2) is 74.0 Å². The van der Waals surface area contributed by atoms with E-state index in [1.54, 1.807) is 36.4 Å². The summed E-state index contributed by atoms with van der Waals surface area (Å²) in [5, 5.41) is 18.8. The Kier molecular flexibility index (Phi) is 11.5. The van der Waals surface area contributed by atoms with Gasteiger partial charge in [-0.2, -0.15) is 0 Å². The fraction of sp³-hybridized carbons (Fsp3) is 0.310. The van der Waals surface area contributed by atoms with Gasteiger partial charge in [0.2, 0.25) is 11.8 Å². The van der Waals surface area contributed by atoms with E-state index in [4.69, 9.17) is 19.9 Å². The van der Waals surface area contributed by atoms with E-state index < -0.39 is 48.1 Å². The van der Waals surface area contributed by atoms with E-state index >= 15 is 0 Å². The van der Waals surface area contributed by atoms with Crippen LogP contribution in [0.15, 0.2) is 71.2 Å². The highest BCUT2D eigenvalue weighted by molar-refractivity contribution is 9.10. The second-order valence-electron chi connectivity index (χ2n) is 9.33. The zero-order valence-electron chi connectivity index (χ0n) is 23.1. The predicted octanol–water partition coefficient (Wildman–Crippen LogP) is 1.75. The summed E-state index contributed by atoms with van der Waals surface area (Å²) in [6.45, 7) is 3.63. The van der Waals surface area contributed by atoms with Gasteiger partial charge in [-0.05, 0) is 51.8 Å². The number of carbonyl (C=O) groups is 4. The van der Waals surface area contributed by atoms with Crippen molar-refractivity contribution < 1.29 is 38.5 Å². The molecule has 4 atom stereocenters. The molecule has 0 heterocycles. The molecule has 13 heteroatoms. The molecule has 0 saturated heterocycles. The maximum absolute atomic E-state index is 13.4. The number of alkyl carbamates (subject to hydrolysis) is 1. The first-order valence-electron chi connectivity index (χ1n) is 12.9. The van der Waals surface area contributed by atoms with Gasteiger partial charge in [0.25, 0.3) is 5.91 Å². The molecule has 224 valence electrons. The minimum absolute atomic E-state index is 0.0674. The van der Waals surface area contributed by atoms with Crippen molar-refractivity contribution in [2.45, 2.75) is 37.1 Å². The third-order valence-corrected chi connectivity index (χ3v) is 7.15. The Morgan fingerprint density at radius 2 is 1.76 bits per heavy atom. The van der Waals surface area contributed by atoms with Gasteiger partial charge in [-0.15, -0.1) is 6.58 Å². The van der Waals surface area contributed by atoms with E-state index in [9.17, 15) is 24.3 Å². The maximum atomic E-state index is 13.4. The molecule has 1 aliphatic carbocycles. The molecular weight excluding hydrogens is 612 g/mol. The number of nitrogens with one attached hydrogen (secondary N) is 3. The van der Waals surface area contributed by atoms with Gasteiger partial charge in [-0.1, -0.05) is 24.3 Å². The molecule has 2 aromatic rings. The van der Waals surface area contributed by atoms with E-state index in [0.717, 1.165) is 5.56 Å². The highest BCUT2D eigenvalue weighted by atomic mass is 79.9. The third kappa shape index (κ3) is 8.57. The number of nitrogens with two attached hydrogens (primary N) is 1. The number of primary amides is 1. The minimum Gasteiger partial charge on any atom is -0.497 e. The second-order valence-corrected chi connectivity index (χ2v) is 10.2. The standard InChI is InChI=1S/C29H33BrN4O8/c1-4-11-32-29(39)42-24-14-17(27(37)34-23(26(31)36)12-16-5-7-18(40-2)8-6-16)13-22(25(24)35)33-28(38)20-15-19(41-3)9-10-21(20)30/h4-10,13,15,22-25,35H,1,11-12,14H2,2-3H3,(H2,31,36)(H,32,39)(H,33,38)(H,34,37)/t22-,23+,24-,25-/m1/s1. The van der Waals surface area contributed by atoms with Crippen molar-refractivity contribution in [2.24, 2.45) is 5.73 Å². The van der Waals surface area contributed by atoms with Crippen LogP contribution in [0.2, 0.25) is 0 Å². The normalized spacial score (nSPS) is 18.5. The second kappa shape index (κ2) is 15.0. The minimum atomic E-state index is -1.41. The number of hydrogen-bond donors (Lipinski definition) is 5. The summed E-state index contributed by atoms with van der Waals surface area (Å²) < 4.78 is 16.2. The molecule has 0 saturated carbocycles. The summed E-state index contributed by atoms with van der Waals surface area (Å²) in [7, 11) is 2.98. The molecule has 12 nitrogen and oxygen atoms in total. The lowest BCUT2D eigenvalue weighted by Crippen LogP contribution is -2.54. The summed E-state index contributed by atoms with van der Waals surface area (Å²) in [4.78, 5) is 51.0. The highest BCUT2D eigenvalue weighted by Gasteiger charge is 2.38. The Balaban J connectivity index is 1.85. The lowest BCUT2D eigenvalue weighted by molar-refractivity contribution is -0.125. The molecule has 1 aliphatic rings. The predicted molar refractivity (Wildman–Crippen MR) is 157 cm³/mol. The topological polar surface area (TPSA) is 178 Å². The first-order chi connectivity index (χ1) is 20.1. The first-order valence-corrected chi connectivity index (χ1v) is 13.7. The first kappa shape index (κ1) is 32.2. The van der Waals surface area contributed by atoms with Gasteiger partial charge in [0.1, 0.15) is 29.7 Å². The largest absolute Gasteiger partial charge is 0.497 e. The number of ether oxygens (including phenoxy) is 3. The lowest BCUT2D eigenvalue weighted by Gasteiger charge is -2.33. The van der Waals surface area contributed by atoms with Crippen molar-refractivity contribution in [3.8, 4) is 11.5 Å². The number of aliphatic hydroxyl groups excluding tert-OH is 1. The summed E-state index contributed by atoms with van der Waals surface area (Å²) in [5.41, 5.74) is 6.58. The summed E-state index contributed by atoms with van der Waals surface area (Å²) in [6, 6.07) is 9.48. The zero-order valence-corrected chi connectivity index (χ0v) is 24.7. The van der Waals surface area contributed by atoms with Crippen LogP contribution in [0, 0.1) is 0 Å². The SMILES string of the molecule is C=CCNC(=O)O[C@@H]1CC(C(=O)N[C@@H](Cc2ccc(OC)cc2)C(N)=O)=C[C@@H](NC(=O)c2cc(OC)ccc2Br)[C@H]1O. The molecule has 0 unspecified atom stereocenters. The number of carbonyl (C=O) groups excluding carboxylic acids is 4. The van der Waals surface area contributed by atoms with Crippen molar-refractivity contribution in [3.05, 3.63) is 82.4 Å². The number of rotatable bonds is 12. The zero-order chi connectivity index (χ0) is 30.8. The summed E-state index contributed by atoms with van der Waals surface area (Å²) in [6.07, 6.45) is -0.760. The van der Waals surface area contributed by atoms with E-state index in [2.05, 4.69) is 38.5 Å². The average molecular weight is 646 g/mol. The molecule has 0 fully saturated rings. The molecule has 6 N–H and O–H groups in total. The van der Waals surface area contributed by atoms with Gasteiger partial charge in [-0.25, -0.2) is 4.79 Å². The maximum Gasteiger partial charge on any atom is 0.407 e. The van der Waals surface area contributed by atoms with Crippen LogP contribution in [0.1, 0.15) is 22.3 Å². The van der Waals surface area contributed by atoms with E-state index in [0.29, 0.717) is 16.0 Å². The average Bonchev–Trinajstić information content (AvgIpc) is 2.98. The lowest BCUT2D eigenvalue weighted by atomic mass is 9.89. The highest BCUT2D eigenvalue weighted by Crippen LogP contribution is 2.26. The molecule has 2 aromatic carbocycles. The quantitative estimate of drug-likeness (QED) is 0.217. The van der Waals surface area contributed by atoms with Gasteiger partial charge in [-0.3, -0.25) is 14.4 Å². The summed E-state index contributed by atoms with van der Waals surface area (Å²) in [5.74, 6) is -0.979. The van der Waals surface area contributed by atoms with Crippen LogP contribution in [0.5, 0.6) is 11.5 Å². The molecule has 0 radical (unpaired) electrons. The van der Waals surface area contributed by atoms with Crippen molar-refractivity contribution in [1.82, 2.24) is 16.0 Å². The van der Waals surface area contributed by atoms with E-state index in [-0.39, 0.29) is 30.5 Å². The number of amides is 4. The number of methoxy groups -OCH3 is 2. The Bertz CT molecular complexity index is 1350. The van der Waals surface area contributed by atoms with Crippen LogP contribution in [0.25, 0.3) is 0 Å². The molecule has 0 bridgehead atoms. The number of aliphatic hydroxyl groups is 1. The van der Waals surface area contributed by atoms with Gasteiger partial charge >= 0.3 is 6.09 Å². The van der Waals surface area contributed by atoms with Crippen molar-refractivity contribution in [2.75, 3.05) is 20.8 Å². The summed E-state index contributed by atoms with van der Waals surface area (Å²) >= 11 is 3.32. The molecule has 3 rings (SSSR count). The number of hydrogen-bond acceptors (Lipinski definition) is 8. The van der Waals surface area contributed by atoms with E-state index in [1.807, 2.05) is 0 Å². The van der Waals surface area contributed by atoms with Gasteiger partial charge in [0.15, 0.2) is 0 Å². The monoisotopic (exact) mass is 644 g/mol. The Hall–Kier alpha value is -4.36. The van der Waals surface area contributed by atoms with Crippen LogP contribution in [0.3, 0.4) is 0 Å². The molecule has 42 heavy (non-hydrogen) atoms. The van der Waals surface area contributed by atoms with Crippen LogP contribution in [-0.2, 0) is 20.7 Å². The van der Waals surface area contributed by atoms with Gasteiger partial charge in [0.05, 0.1) is 25.8 Å². The van der Waals surface area contributed by atoms with Gasteiger partial charge < -0.3 is 41.0 Å². The van der Waals surface area contributed by atoms with E-state index in [1.165, 1.54) is 32.4 Å². The fourth-order valence-electron chi connectivity index (χ4n) is 4.20. The molecule has 0 aliphatic heterocycles. The Morgan fingerprint density at radius 1 is 1.10 bits per heavy atom. The molecule has 0 spiro atoms. The Labute approximate surface area is 251 Å². The van der Waals surface area contributed by atoms with Gasteiger partial charge in [0, 0.05) is 29.4 Å². The molecule has 4 amide bonds. The molecule has 0 aromatic heterocycles. The molecular formula is C29H33BrN4O8. The number of halogens is 1. The fourth-order valence-corrected chi connectivity index (χ4v) is 4.63. The third-order valence-electron chi connectivity index (χ3n) is 6.46.